The zero-order valence-corrected chi connectivity index (χ0v) is 8.98. The Morgan fingerprint density at radius 2 is 2.22 bits per heavy atom. The third-order valence-corrected chi connectivity index (χ3v) is 1.84. The van der Waals surface area contributed by atoms with E-state index in [1.165, 1.54) is 6.33 Å². The number of morpholine rings is 1. The van der Waals surface area contributed by atoms with Crippen molar-refractivity contribution in [2.45, 2.75) is 12.2 Å². The number of hydrogen-bond donors (Lipinski definition) is 2. The summed E-state index contributed by atoms with van der Waals surface area (Å²) in [6.45, 7) is 2.21. The molecule has 102 valence electrons. The quantitative estimate of drug-likeness (QED) is 0.759. The maximum absolute atomic E-state index is 10.6. The molecule has 2 heterocycles. The summed E-state index contributed by atoms with van der Waals surface area (Å²) in [4.78, 5) is 12.8. The second-order valence-electron chi connectivity index (χ2n) is 3.16. The number of carboxylic acid groups (broad SMARTS) is 1. The molecule has 0 bridgehead atoms. The Hall–Kier alpha value is -1.68. The van der Waals surface area contributed by atoms with Crippen molar-refractivity contribution >= 4 is 5.97 Å². The van der Waals surface area contributed by atoms with Crippen LogP contribution in [0.5, 0.6) is 0 Å². The molecule has 1 atom stereocenters. The number of carboxylic acids is 1. The van der Waals surface area contributed by atoms with Crippen LogP contribution in [0.2, 0.25) is 0 Å². The molecule has 18 heavy (non-hydrogen) atoms. The molecule has 1 aromatic heterocycles. The summed E-state index contributed by atoms with van der Waals surface area (Å²) in [5.74, 6) is -2.16. The molecule has 1 aliphatic heterocycles. The number of carbonyl (C=O) groups is 1. The number of halogens is 3. The van der Waals surface area contributed by atoms with Gasteiger partial charge < -0.3 is 19.7 Å². The van der Waals surface area contributed by atoms with Gasteiger partial charge in [0.05, 0.1) is 13.2 Å². The first-order valence-corrected chi connectivity index (χ1v) is 4.79. The van der Waals surface area contributed by atoms with Crippen LogP contribution in [0.4, 0.5) is 13.2 Å². The van der Waals surface area contributed by atoms with E-state index in [-0.39, 0.29) is 6.04 Å². The summed E-state index contributed by atoms with van der Waals surface area (Å²) in [5.41, 5.74) is 0. The molecule has 1 aliphatic rings. The molecule has 1 aromatic rings. The molecule has 0 aromatic carbocycles. The lowest BCUT2D eigenvalue weighted by Crippen LogP contribution is -2.34. The molecule has 0 amide bonds. The molecule has 0 saturated carbocycles. The lowest BCUT2D eigenvalue weighted by atomic mass is 10.3. The summed E-state index contributed by atoms with van der Waals surface area (Å²) in [6, 6.07) is 0.0752. The second-order valence-corrected chi connectivity index (χ2v) is 3.16. The maximum atomic E-state index is 10.6. The molecule has 2 N–H and O–H groups in total. The fraction of sp³-hybridized carbons (Fsp3) is 0.625. The van der Waals surface area contributed by atoms with E-state index in [0.717, 1.165) is 13.2 Å². The fourth-order valence-corrected chi connectivity index (χ4v) is 1.06. The number of aromatic nitrogens is 2. The normalized spacial score (nSPS) is 19.8. The van der Waals surface area contributed by atoms with Crippen LogP contribution in [-0.2, 0) is 9.53 Å². The van der Waals surface area contributed by atoms with Crippen LogP contribution in [0.3, 0.4) is 0 Å². The van der Waals surface area contributed by atoms with Gasteiger partial charge in [-0.1, -0.05) is 5.16 Å². The average Bonchev–Trinajstić information content (AvgIpc) is 2.83. The van der Waals surface area contributed by atoms with Crippen molar-refractivity contribution in [3.05, 3.63) is 12.2 Å². The third kappa shape index (κ3) is 4.67. The topological polar surface area (TPSA) is 97.5 Å². The third-order valence-electron chi connectivity index (χ3n) is 1.84. The van der Waals surface area contributed by atoms with Crippen LogP contribution in [0.15, 0.2) is 10.9 Å². The second kappa shape index (κ2) is 6.31. The van der Waals surface area contributed by atoms with Crippen LogP contribution in [0.25, 0.3) is 0 Å². The van der Waals surface area contributed by atoms with Crippen molar-refractivity contribution < 1.29 is 32.3 Å². The summed E-state index contributed by atoms with van der Waals surface area (Å²) >= 11 is 0. The van der Waals surface area contributed by atoms with Gasteiger partial charge in [0.15, 0.2) is 6.33 Å². The van der Waals surface area contributed by atoms with E-state index < -0.39 is 12.1 Å². The molecule has 2 rings (SSSR count). The smallest absolute Gasteiger partial charge is 0.475 e. The summed E-state index contributed by atoms with van der Waals surface area (Å²) < 4.78 is 41.8. The number of hydrogen-bond acceptors (Lipinski definition) is 6. The highest BCUT2D eigenvalue weighted by Crippen LogP contribution is 2.13. The van der Waals surface area contributed by atoms with E-state index in [1.807, 2.05) is 0 Å². The Balaban J connectivity index is 0.000000203. The van der Waals surface area contributed by atoms with Crippen molar-refractivity contribution in [3.63, 3.8) is 0 Å². The van der Waals surface area contributed by atoms with Gasteiger partial charge in [0, 0.05) is 6.54 Å². The van der Waals surface area contributed by atoms with Crippen LogP contribution in [0.1, 0.15) is 11.9 Å². The Morgan fingerprint density at radius 3 is 2.61 bits per heavy atom. The predicted octanol–water partition coefficient (Wildman–Crippen LogP) is 0.364. The molecular formula is C8H10F3N3O4. The van der Waals surface area contributed by atoms with Gasteiger partial charge in [-0.15, -0.1) is 0 Å². The first-order chi connectivity index (χ1) is 8.41. The van der Waals surface area contributed by atoms with Crippen molar-refractivity contribution in [2.24, 2.45) is 0 Å². The highest BCUT2D eigenvalue weighted by atomic mass is 19.4. The molecule has 10 heteroatoms. The summed E-state index contributed by atoms with van der Waals surface area (Å²) in [7, 11) is 0. The molecule has 0 spiro atoms. The van der Waals surface area contributed by atoms with Gasteiger partial charge in [-0.05, 0) is 0 Å². The van der Waals surface area contributed by atoms with Gasteiger partial charge >= 0.3 is 12.1 Å². The van der Waals surface area contributed by atoms with E-state index in [0.29, 0.717) is 12.5 Å². The molecule has 1 saturated heterocycles. The van der Waals surface area contributed by atoms with Crippen LogP contribution in [0, 0.1) is 0 Å². The summed E-state index contributed by atoms with van der Waals surface area (Å²) in [5, 5.41) is 13.8. The predicted molar refractivity (Wildman–Crippen MR) is 49.6 cm³/mol. The fourth-order valence-electron chi connectivity index (χ4n) is 1.06. The first kappa shape index (κ1) is 14.4. The van der Waals surface area contributed by atoms with Crippen molar-refractivity contribution in [1.82, 2.24) is 15.5 Å². The van der Waals surface area contributed by atoms with Gasteiger partial charge in [-0.2, -0.15) is 18.2 Å². The first-order valence-electron chi connectivity index (χ1n) is 4.79. The monoisotopic (exact) mass is 269 g/mol. The minimum Gasteiger partial charge on any atom is -0.475 e. The number of rotatable bonds is 1. The van der Waals surface area contributed by atoms with E-state index in [1.54, 1.807) is 0 Å². The number of alkyl halides is 3. The zero-order chi connectivity index (χ0) is 13.6. The molecule has 0 aliphatic carbocycles. The Morgan fingerprint density at radius 1 is 1.56 bits per heavy atom. The van der Waals surface area contributed by atoms with Crippen LogP contribution < -0.4 is 5.32 Å². The highest BCUT2D eigenvalue weighted by molar-refractivity contribution is 5.73. The highest BCUT2D eigenvalue weighted by Gasteiger charge is 2.38. The summed E-state index contributed by atoms with van der Waals surface area (Å²) in [6.07, 6.45) is -3.69. The van der Waals surface area contributed by atoms with E-state index in [9.17, 15) is 13.2 Å². The molecular weight excluding hydrogens is 259 g/mol. The van der Waals surface area contributed by atoms with Gasteiger partial charge in [-0.3, -0.25) is 0 Å². The number of nitrogens with one attached hydrogen (secondary N) is 1. The average molecular weight is 269 g/mol. The van der Waals surface area contributed by atoms with Gasteiger partial charge in [0.1, 0.15) is 6.04 Å². The number of ether oxygens (including phenoxy) is 1. The van der Waals surface area contributed by atoms with Crippen LogP contribution in [-0.4, -0.2) is 47.2 Å². The Labute approximate surface area is 98.9 Å². The van der Waals surface area contributed by atoms with Gasteiger partial charge in [0.2, 0.25) is 5.89 Å². The standard InChI is InChI=1S/C6H9N3O2.C2HF3O2/c1-2-10-3-5(7-1)6-8-4-9-11-6;3-2(4,5)1(6)7/h4-5,7H,1-3H2;(H,6,7). The lowest BCUT2D eigenvalue weighted by molar-refractivity contribution is -0.192. The van der Waals surface area contributed by atoms with E-state index in [4.69, 9.17) is 19.2 Å². The van der Waals surface area contributed by atoms with Crippen LogP contribution >= 0.6 is 0 Å². The van der Waals surface area contributed by atoms with E-state index in [2.05, 4.69) is 15.5 Å². The van der Waals surface area contributed by atoms with Crippen molar-refractivity contribution in [3.8, 4) is 0 Å². The SMILES string of the molecule is O=C(O)C(F)(F)F.c1noc(C2COCCN2)n1. The molecule has 1 unspecified atom stereocenters. The van der Waals surface area contributed by atoms with E-state index >= 15 is 0 Å². The number of aliphatic carboxylic acids is 1. The molecule has 0 radical (unpaired) electrons. The van der Waals surface area contributed by atoms with Gasteiger partial charge in [0.25, 0.3) is 0 Å². The maximum Gasteiger partial charge on any atom is 0.490 e. The molecule has 7 nitrogen and oxygen atoms in total. The minimum absolute atomic E-state index is 0.0752. The Bertz CT molecular complexity index is 362. The largest absolute Gasteiger partial charge is 0.490 e. The minimum atomic E-state index is -5.08. The van der Waals surface area contributed by atoms with Crippen molar-refractivity contribution in [1.29, 1.82) is 0 Å². The Kier molecular flexibility index (Phi) is 5.04. The zero-order valence-electron chi connectivity index (χ0n) is 8.98. The van der Waals surface area contributed by atoms with Crippen molar-refractivity contribution in [2.75, 3.05) is 19.8 Å². The number of nitrogens with zero attached hydrogens (tertiary/aromatic N) is 2. The van der Waals surface area contributed by atoms with Gasteiger partial charge in [-0.25, -0.2) is 4.79 Å². The molecule has 1 fully saturated rings. The lowest BCUT2D eigenvalue weighted by Gasteiger charge is -2.19.